The molecule has 2 atom stereocenters. The summed E-state index contributed by atoms with van der Waals surface area (Å²) in [5, 5.41) is 13.3. The molecule has 0 aromatic heterocycles. The highest BCUT2D eigenvalue weighted by atomic mass is 19.3. The Morgan fingerprint density at radius 2 is 1.82 bits per heavy atom. The number of aliphatic hydroxyl groups excluding tert-OH is 1. The van der Waals surface area contributed by atoms with Gasteiger partial charge in [-0.25, -0.2) is 4.39 Å². The monoisotopic (exact) mass is 462 g/mol. The van der Waals surface area contributed by atoms with Crippen LogP contribution in [0.25, 0.3) is 0 Å². The van der Waals surface area contributed by atoms with Gasteiger partial charge in [-0.3, -0.25) is 4.79 Å². The van der Waals surface area contributed by atoms with Crippen molar-refractivity contribution in [2.24, 2.45) is 5.92 Å². The van der Waals surface area contributed by atoms with Crippen LogP contribution in [0.3, 0.4) is 0 Å². The Bertz CT molecular complexity index is 970. The van der Waals surface area contributed by atoms with Gasteiger partial charge in [0, 0.05) is 18.0 Å². The Morgan fingerprint density at radius 3 is 2.42 bits per heavy atom. The van der Waals surface area contributed by atoms with E-state index in [1.807, 2.05) is 4.90 Å². The summed E-state index contributed by atoms with van der Waals surface area (Å²) in [5.41, 5.74) is 1.54. The van der Waals surface area contributed by atoms with Crippen LogP contribution in [0.1, 0.15) is 35.6 Å². The molecule has 1 aliphatic carbocycles. The van der Waals surface area contributed by atoms with Crippen molar-refractivity contribution in [2.45, 2.75) is 43.8 Å². The van der Waals surface area contributed by atoms with Crippen LogP contribution in [0, 0.1) is 11.7 Å². The molecule has 1 heterocycles. The fourth-order valence-corrected chi connectivity index (χ4v) is 4.83. The minimum absolute atomic E-state index is 0.101. The van der Waals surface area contributed by atoms with E-state index in [9.17, 15) is 14.3 Å². The average molecular weight is 463 g/mol. The van der Waals surface area contributed by atoms with Crippen molar-refractivity contribution in [1.29, 1.82) is 0 Å². The number of halogens is 3. The van der Waals surface area contributed by atoms with Crippen LogP contribution in [0.2, 0.25) is 0 Å². The van der Waals surface area contributed by atoms with Gasteiger partial charge < -0.3 is 20.1 Å². The van der Waals surface area contributed by atoms with Crippen LogP contribution in [0.15, 0.2) is 42.5 Å². The van der Waals surface area contributed by atoms with E-state index in [-0.39, 0.29) is 24.9 Å². The summed E-state index contributed by atoms with van der Waals surface area (Å²) in [4.78, 5) is 14.8. The van der Waals surface area contributed by atoms with Crippen molar-refractivity contribution in [3.8, 4) is 5.75 Å². The summed E-state index contributed by atoms with van der Waals surface area (Å²) in [6.45, 7) is 1.60. The number of rotatable bonds is 8. The maximum Gasteiger partial charge on any atom is 0.327 e. The second kappa shape index (κ2) is 9.73. The summed E-state index contributed by atoms with van der Waals surface area (Å²) < 4.78 is 50.1. The van der Waals surface area contributed by atoms with Crippen molar-refractivity contribution < 1.29 is 27.8 Å². The molecule has 1 amide bonds. The van der Waals surface area contributed by atoms with Gasteiger partial charge in [-0.15, -0.1) is 0 Å². The van der Waals surface area contributed by atoms with Crippen LogP contribution >= 0.6 is 0 Å². The minimum Gasteiger partial charge on any atom is -0.497 e. The summed E-state index contributed by atoms with van der Waals surface area (Å²) in [7, 11) is 1.41. The third-order valence-corrected chi connectivity index (χ3v) is 6.74. The van der Waals surface area contributed by atoms with E-state index < -0.39 is 35.7 Å². The highest BCUT2D eigenvalue weighted by Crippen LogP contribution is 2.38. The molecule has 1 fully saturated rings. The Labute approximate surface area is 191 Å². The lowest BCUT2D eigenvalue weighted by Crippen LogP contribution is -2.54. The van der Waals surface area contributed by atoms with Gasteiger partial charge in [0.2, 0.25) is 0 Å². The van der Waals surface area contributed by atoms with Crippen molar-refractivity contribution in [1.82, 2.24) is 10.2 Å². The molecule has 0 unspecified atom stereocenters. The molecule has 0 radical (unpaired) electrons. The van der Waals surface area contributed by atoms with Gasteiger partial charge in [-0.2, -0.15) is 8.78 Å². The third-order valence-electron chi connectivity index (χ3n) is 6.74. The predicted octanol–water partition coefficient (Wildman–Crippen LogP) is 3.50. The fraction of sp³-hybridized carbons (Fsp3) is 0.480. The molecule has 2 aliphatic rings. The number of carbonyl (C=O) groups is 1. The van der Waals surface area contributed by atoms with E-state index in [0.717, 1.165) is 43.1 Å². The number of likely N-dealkylation sites (tertiary alicyclic amines) is 1. The Hall–Kier alpha value is -2.58. The van der Waals surface area contributed by atoms with E-state index >= 15 is 8.78 Å². The van der Waals surface area contributed by atoms with Crippen molar-refractivity contribution in [2.75, 3.05) is 26.7 Å². The highest BCUT2D eigenvalue weighted by molar-refractivity contribution is 5.84. The Morgan fingerprint density at radius 1 is 1.18 bits per heavy atom. The number of fused-ring (bicyclic) bond motifs is 1. The van der Waals surface area contributed by atoms with Gasteiger partial charge in [-0.1, -0.05) is 24.3 Å². The van der Waals surface area contributed by atoms with Crippen LogP contribution < -0.4 is 10.1 Å². The lowest BCUT2D eigenvalue weighted by molar-refractivity contribution is -0.155. The third kappa shape index (κ3) is 5.01. The van der Waals surface area contributed by atoms with Gasteiger partial charge in [0.15, 0.2) is 0 Å². The Balaban J connectivity index is 1.54. The van der Waals surface area contributed by atoms with Gasteiger partial charge in [-0.05, 0) is 68.1 Å². The smallest absolute Gasteiger partial charge is 0.327 e. The molecule has 33 heavy (non-hydrogen) atoms. The van der Waals surface area contributed by atoms with Gasteiger partial charge in [0.1, 0.15) is 17.7 Å². The first-order chi connectivity index (χ1) is 15.8. The summed E-state index contributed by atoms with van der Waals surface area (Å²) in [6.07, 6.45) is 0.601. The zero-order valence-corrected chi connectivity index (χ0v) is 18.6. The fourth-order valence-electron chi connectivity index (χ4n) is 4.83. The van der Waals surface area contributed by atoms with Crippen LogP contribution in [0.4, 0.5) is 13.2 Å². The highest BCUT2D eigenvalue weighted by Gasteiger charge is 2.50. The molecule has 178 valence electrons. The van der Waals surface area contributed by atoms with Gasteiger partial charge in [0.05, 0.1) is 13.2 Å². The van der Waals surface area contributed by atoms with E-state index in [1.54, 1.807) is 24.3 Å². The summed E-state index contributed by atoms with van der Waals surface area (Å²) >= 11 is 0. The van der Waals surface area contributed by atoms with E-state index in [4.69, 9.17) is 4.74 Å². The molecular formula is C25H29F3N2O3. The first-order valence-corrected chi connectivity index (χ1v) is 11.3. The van der Waals surface area contributed by atoms with E-state index in [1.165, 1.54) is 19.2 Å². The maximum absolute atomic E-state index is 15.2. The molecule has 8 heteroatoms. The average Bonchev–Trinajstić information content (AvgIpc) is 3.48. The molecule has 2 aromatic rings. The number of hydrogen-bond donors (Lipinski definition) is 2. The predicted molar refractivity (Wildman–Crippen MR) is 118 cm³/mol. The van der Waals surface area contributed by atoms with Gasteiger partial charge >= 0.3 is 5.92 Å². The van der Waals surface area contributed by atoms with Crippen LogP contribution in [-0.2, 0) is 17.6 Å². The summed E-state index contributed by atoms with van der Waals surface area (Å²) in [5.74, 6) is -6.60. The SMILES string of the molecule is COc1ccc(F)c([C@@H](O)[C@@H](CN2CCCC2)NC(=O)C(F)(F)C2Cc3ccccc3C2)c1. The van der Waals surface area contributed by atoms with Crippen LogP contribution in [0.5, 0.6) is 5.75 Å². The van der Waals surface area contributed by atoms with E-state index in [2.05, 4.69) is 5.32 Å². The number of aliphatic hydroxyl groups is 1. The van der Waals surface area contributed by atoms with Crippen molar-refractivity contribution in [3.05, 3.63) is 65.0 Å². The van der Waals surface area contributed by atoms with Gasteiger partial charge in [0.25, 0.3) is 5.91 Å². The molecule has 4 rings (SSSR count). The number of nitrogens with zero attached hydrogens (tertiary/aromatic N) is 1. The maximum atomic E-state index is 15.2. The van der Waals surface area contributed by atoms with E-state index in [0.29, 0.717) is 5.75 Å². The van der Waals surface area contributed by atoms with Crippen LogP contribution in [-0.4, -0.2) is 54.6 Å². The summed E-state index contributed by atoms with van der Waals surface area (Å²) in [6, 6.07) is 9.97. The number of nitrogens with one attached hydrogen (secondary N) is 1. The first kappa shape index (κ1) is 23.6. The largest absolute Gasteiger partial charge is 0.497 e. The second-order valence-electron chi connectivity index (χ2n) is 8.92. The molecule has 2 N–H and O–H groups in total. The minimum atomic E-state index is -3.63. The van der Waals surface area contributed by atoms with Crippen molar-refractivity contribution >= 4 is 5.91 Å². The number of methoxy groups -OCH3 is 1. The zero-order valence-electron chi connectivity index (χ0n) is 18.6. The number of amides is 1. The molecule has 1 saturated heterocycles. The molecule has 0 spiro atoms. The first-order valence-electron chi connectivity index (χ1n) is 11.3. The molecular weight excluding hydrogens is 433 g/mol. The molecule has 0 bridgehead atoms. The molecule has 1 aliphatic heterocycles. The van der Waals surface area contributed by atoms with Crippen molar-refractivity contribution in [3.63, 3.8) is 0 Å². The second-order valence-corrected chi connectivity index (χ2v) is 8.92. The topological polar surface area (TPSA) is 61.8 Å². The number of hydrogen-bond acceptors (Lipinski definition) is 4. The quantitative estimate of drug-likeness (QED) is 0.631. The zero-order chi connectivity index (χ0) is 23.6. The number of alkyl halides is 2. The molecule has 0 saturated carbocycles. The number of carbonyl (C=O) groups excluding carboxylic acids is 1. The number of benzene rings is 2. The number of ether oxygens (including phenoxy) is 1. The molecule has 5 nitrogen and oxygen atoms in total. The normalized spacial score (nSPS) is 18.7. The standard InChI is InChI=1S/C25H29F3N2O3/c1-33-19-8-9-21(26)20(14-19)23(31)22(15-30-10-4-5-11-30)29-24(32)25(27,28)18-12-16-6-2-3-7-17(16)13-18/h2-3,6-9,14,18,22-23,31H,4-5,10-13,15H2,1H3,(H,29,32)/t22-,23-/m1/s1. The lowest BCUT2D eigenvalue weighted by atomic mass is 9.95. The lowest BCUT2D eigenvalue weighted by Gasteiger charge is -2.31. The Kier molecular flexibility index (Phi) is 6.95. The molecule has 2 aromatic carbocycles.